The topological polar surface area (TPSA) is 68.0 Å². The summed E-state index contributed by atoms with van der Waals surface area (Å²) in [4.78, 5) is 20.7. The van der Waals surface area contributed by atoms with Crippen LogP contribution in [0.3, 0.4) is 0 Å². The molecule has 1 aromatic carbocycles. The first-order chi connectivity index (χ1) is 11.7. The van der Waals surface area contributed by atoms with Gasteiger partial charge in [0.15, 0.2) is 5.65 Å². The number of imidazole rings is 1. The minimum Gasteiger partial charge on any atom is -0.480 e. The SMILES string of the molecule is Cc1cnc2c(c1)nc(-c1ccc(C(C)(C)C)cc1)n2C(C)C(=O)O. The number of carboxylic acids is 1. The Morgan fingerprint density at radius 3 is 2.40 bits per heavy atom. The van der Waals surface area contributed by atoms with E-state index in [9.17, 15) is 9.90 Å². The lowest BCUT2D eigenvalue weighted by Gasteiger charge is -2.19. The zero-order chi connectivity index (χ0) is 18.4. The number of carbonyl (C=O) groups is 1. The summed E-state index contributed by atoms with van der Waals surface area (Å²) < 4.78 is 1.70. The number of hydrogen-bond donors (Lipinski definition) is 1. The third-order valence-corrected chi connectivity index (χ3v) is 4.42. The maximum absolute atomic E-state index is 11.6. The fourth-order valence-electron chi connectivity index (χ4n) is 2.88. The Bertz CT molecular complexity index is 934. The molecule has 2 heterocycles. The first-order valence-corrected chi connectivity index (χ1v) is 8.37. The summed E-state index contributed by atoms with van der Waals surface area (Å²) in [6.45, 7) is 10.1. The van der Waals surface area contributed by atoms with E-state index in [2.05, 4.69) is 42.9 Å². The summed E-state index contributed by atoms with van der Waals surface area (Å²) in [5.74, 6) is -0.280. The van der Waals surface area contributed by atoms with Gasteiger partial charge in [-0.1, -0.05) is 45.0 Å². The van der Waals surface area contributed by atoms with Crippen molar-refractivity contribution in [3.05, 3.63) is 47.7 Å². The number of benzene rings is 1. The van der Waals surface area contributed by atoms with E-state index in [0.717, 1.165) is 11.1 Å². The molecule has 2 aromatic heterocycles. The molecule has 5 nitrogen and oxygen atoms in total. The lowest BCUT2D eigenvalue weighted by molar-refractivity contribution is -0.140. The van der Waals surface area contributed by atoms with Gasteiger partial charge >= 0.3 is 5.97 Å². The van der Waals surface area contributed by atoms with E-state index in [-0.39, 0.29) is 5.41 Å². The fraction of sp³-hybridized carbons (Fsp3) is 0.350. The highest BCUT2D eigenvalue weighted by atomic mass is 16.4. The average molecular weight is 337 g/mol. The molecule has 1 unspecified atom stereocenters. The van der Waals surface area contributed by atoms with Gasteiger partial charge in [-0.15, -0.1) is 0 Å². The molecule has 1 N–H and O–H groups in total. The number of hydrogen-bond acceptors (Lipinski definition) is 3. The van der Waals surface area contributed by atoms with Crippen molar-refractivity contribution in [1.29, 1.82) is 0 Å². The highest BCUT2D eigenvalue weighted by Gasteiger charge is 2.23. The Balaban J connectivity index is 2.21. The lowest BCUT2D eigenvalue weighted by Crippen LogP contribution is -2.17. The van der Waals surface area contributed by atoms with Crippen molar-refractivity contribution in [2.24, 2.45) is 0 Å². The number of rotatable bonds is 3. The Kier molecular flexibility index (Phi) is 4.11. The molecule has 0 aliphatic carbocycles. The molecule has 3 rings (SSSR count). The standard InChI is InChI=1S/C20H23N3O2/c1-12-10-16-18(21-11-12)23(13(2)19(24)25)17(22-16)14-6-8-15(9-7-14)20(3,4)5/h6-11,13H,1-5H3,(H,24,25). The van der Waals surface area contributed by atoms with E-state index in [1.807, 2.05) is 25.1 Å². The Hall–Kier alpha value is -2.69. The van der Waals surface area contributed by atoms with Crippen molar-refractivity contribution in [3.8, 4) is 11.4 Å². The normalized spacial score (nSPS) is 13.2. The number of pyridine rings is 1. The van der Waals surface area contributed by atoms with Gasteiger partial charge in [-0.05, 0) is 36.5 Å². The highest BCUT2D eigenvalue weighted by Crippen LogP contribution is 2.30. The molecule has 0 fully saturated rings. The van der Waals surface area contributed by atoms with Crippen LogP contribution in [0.1, 0.15) is 44.9 Å². The summed E-state index contributed by atoms with van der Waals surface area (Å²) in [7, 11) is 0. The van der Waals surface area contributed by atoms with Gasteiger partial charge in [0, 0.05) is 11.8 Å². The van der Waals surface area contributed by atoms with Crippen LogP contribution >= 0.6 is 0 Å². The minimum atomic E-state index is -0.908. The largest absolute Gasteiger partial charge is 0.480 e. The van der Waals surface area contributed by atoms with E-state index in [0.29, 0.717) is 17.0 Å². The second kappa shape index (κ2) is 5.99. The summed E-state index contributed by atoms with van der Waals surface area (Å²) in [5.41, 5.74) is 4.47. The van der Waals surface area contributed by atoms with Crippen LogP contribution in [0.15, 0.2) is 36.5 Å². The number of aliphatic carboxylic acids is 1. The van der Waals surface area contributed by atoms with Gasteiger partial charge < -0.3 is 5.11 Å². The molecule has 0 radical (unpaired) electrons. The predicted octanol–water partition coefficient (Wildman–Crippen LogP) is 4.35. The maximum atomic E-state index is 11.6. The van der Waals surface area contributed by atoms with Crippen molar-refractivity contribution in [1.82, 2.24) is 14.5 Å². The van der Waals surface area contributed by atoms with Crippen molar-refractivity contribution < 1.29 is 9.90 Å². The molecule has 0 amide bonds. The van der Waals surface area contributed by atoms with E-state index in [4.69, 9.17) is 0 Å². The quantitative estimate of drug-likeness (QED) is 0.771. The first-order valence-electron chi connectivity index (χ1n) is 8.37. The van der Waals surface area contributed by atoms with Crippen LogP contribution < -0.4 is 0 Å². The zero-order valence-corrected chi connectivity index (χ0v) is 15.2. The fourth-order valence-corrected chi connectivity index (χ4v) is 2.88. The Morgan fingerprint density at radius 1 is 1.20 bits per heavy atom. The third kappa shape index (κ3) is 3.14. The first kappa shape index (κ1) is 17.1. The van der Waals surface area contributed by atoms with Crippen LogP contribution in [0.4, 0.5) is 0 Å². The van der Waals surface area contributed by atoms with Gasteiger partial charge in [-0.3, -0.25) is 4.57 Å². The van der Waals surface area contributed by atoms with Gasteiger partial charge in [-0.2, -0.15) is 0 Å². The van der Waals surface area contributed by atoms with Crippen molar-refractivity contribution in [2.75, 3.05) is 0 Å². The monoisotopic (exact) mass is 337 g/mol. The Morgan fingerprint density at radius 2 is 1.84 bits per heavy atom. The molecule has 0 saturated carbocycles. The van der Waals surface area contributed by atoms with E-state index in [1.165, 1.54) is 5.56 Å². The van der Waals surface area contributed by atoms with Gasteiger partial charge in [0.05, 0.1) is 0 Å². The Labute approximate surface area is 147 Å². The number of nitrogens with zero attached hydrogens (tertiary/aromatic N) is 3. The molecule has 0 spiro atoms. The molecular weight excluding hydrogens is 314 g/mol. The van der Waals surface area contributed by atoms with Gasteiger partial charge in [0.25, 0.3) is 0 Å². The molecule has 0 bridgehead atoms. The van der Waals surface area contributed by atoms with E-state index < -0.39 is 12.0 Å². The average Bonchev–Trinajstić information content (AvgIpc) is 2.91. The van der Waals surface area contributed by atoms with Crippen molar-refractivity contribution in [3.63, 3.8) is 0 Å². The second-order valence-corrected chi connectivity index (χ2v) is 7.50. The van der Waals surface area contributed by atoms with E-state index in [1.54, 1.807) is 17.7 Å². The molecule has 5 heteroatoms. The van der Waals surface area contributed by atoms with Crippen LogP contribution in [-0.4, -0.2) is 25.6 Å². The number of aryl methyl sites for hydroxylation is 1. The third-order valence-electron chi connectivity index (χ3n) is 4.42. The molecule has 0 saturated heterocycles. The minimum absolute atomic E-state index is 0.0612. The van der Waals surface area contributed by atoms with Crippen molar-refractivity contribution >= 4 is 17.1 Å². The van der Waals surface area contributed by atoms with E-state index >= 15 is 0 Å². The van der Waals surface area contributed by atoms with Crippen LogP contribution in [0.2, 0.25) is 0 Å². The molecule has 3 aromatic rings. The molecule has 1 atom stereocenters. The lowest BCUT2D eigenvalue weighted by atomic mass is 9.86. The summed E-state index contributed by atoms with van der Waals surface area (Å²) in [5, 5.41) is 9.51. The van der Waals surface area contributed by atoms with Crippen LogP contribution in [0, 0.1) is 6.92 Å². The smallest absolute Gasteiger partial charge is 0.326 e. The second-order valence-electron chi connectivity index (χ2n) is 7.50. The van der Waals surface area contributed by atoms with Gasteiger partial charge in [0.1, 0.15) is 17.4 Å². The molecule has 25 heavy (non-hydrogen) atoms. The number of aromatic nitrogens is 3. The summed E-state index contributed by atoms with van der Waals surface area (Å²) in [6, 6.07) is 9.32. The van der Waals surface area contributed by atoms with Gasteiger partial charge in [-0.25, -0.2) is 14.8 Å². The van der Waals surface area contributed by atoms with Crippen molar-refractivity contribution in [2.45, 2.75) is 46.1 Å². The molecular formula is C20H23N3O2. The predicted molar refractivity (Wildman–Crippen MR) is 98.7 cm³/mol. The maximum Gasteiger partial charge on any atom is 0.326 e. The van der Waals surface area contributed by atoms with Crippen LogP contribution in [0.25, 0.3) is 22.6 Å². The van der Waals surface area contributed by atoms with Crippen LogP contribution in [-0.2, 0) is 10.2 Å². The zero-order valence-electron chi connectivity index (χ0n) is 15.2. The number of carboxylic acid groups (broad SMARTS) is 1. The number of fused-ring (bicyclic) bond motifs is 1. The summed E-state index contributed by atoms with van der Waals surface area (Å²) >= 11 is 0. The summed E-state index contributed by atoms with van der Waals surface area (Å²) in [6.07, 6.45) is 1.74. The molecule has 0 aliphatic rings. The molecule has 130 valence electrons. The highest BCUT2D eigenvalue weighted by molar-refractivity contribution is 5.82. The molecule has 0 aliphatic heterocycles. The van der Waals surface area contributed by atoms with Crippen LogP contribution in [0.5, 0.6) is 0 Å². The van der Waals surface area contributed by atoms with Gasteiger partial charge in [0.2, 0.25) is 0 Å².